The molecule has 0 heterocycles. The van der Waals surface area contributed by atoms with Crippen molar-refractivity contribution < 1.29 is 19.4 Å². The van der Waals surface area contributed by atoms with E-state index in [4.69, 9.17) is 9.47 Å². The lowest BCUT2D eigenvalue weighted by Gasteiger charge is -2.16. The molecular weight excluding hydrogens is 258 g/mol. The maximum atomic E-state index is 11.2. The quantitative estimate of drug-likeness (QED) is 0.727. The lowest BCUT2D eigenvalue weighted by Crippen LogP contribution is -2.36. The van der Waals surface area contributed by atoms with Gasteiger partial charge >= 0.3 is 5.97 Å². The zero-order chi connectivity index (χ0) is 15.0. The number of carboxylic acids is 1. The van der Waals surface area contributed by atoms with Gasteiger partial charge in [-0.25, -0.2) is 0 Å². The van der Waals surface area contributed by atoms with Crippen molar-refractivity contribution in [1.82, 2.24) is 5.32 Å². The van der Waals surface area contributed by atoms with Gasteiger partial charge in [0.25, 0.3) is 0 Å². The van der Waals surface area contributed by atoms with Gasteiger partial charge in [-0.1, -0.05) is 19.8 Å². The van der Waals surface area contributed by atoms with E-state index >= 15 is 0 Å². The summed E-state index contributed by atoms with van der Waals surface area (Å²) in [6.45, 7) is 2.48. The Morgan fingerprint density at radius 2 is 2.10 bits per heavy atom. The Bertz CT molecular complexity index is 434. The van der Waals surface area contributed by atoms with Gasteiger partial charge in [0, 0.05) is 12.1 Å². The van der Waals surface area contributed by atoms with E-state index in [1.165, 1.54) is 0 Å². The van der Waals surface area contributed by atoms with Crippen LogP contribution in [0.3, 0.4) is 0 Å². The van der Waals surface area contributed by atoms with Crippen LogP contribution in [0.15, 0.2) is 18.2 Å². The van der Waals surface area contributed by atoms with E-state index in [0.717, 1.165) is 29.9 Å². The van der Waals surface area contributed by atoms with E-state index in [2.05, 4.69) is 5.32 Å². The molecule has 0 saturated heterocycles. The normalized spacial score (nSPS) is 11.9. The molecule has 0 aliphatic heterocycles. The molecule has 5 heteroatoms. The number of ether oxygens (including phenoxy) is 2. The predicted molar refractivity (Wildman–Crippen MR) is 77.3 cm³/mol. The number of methoxy groups -OCH3 is 2. The van der Waals surface area contributed by atoms with Gasteiger partial charge in [-0.3, -0.25) is 4.79 Å². The maximum absolute atomic E-state index is 11.2. The van der Waals surface area contributed by atoms with Crippen LogP contribution in [0, 0.1) is 0 Å². The number of rotatable bonds is 9. The summed E-state index contributed by atoms with van der Waals surface area (Å²) < 4.78 is 10.4. The van der Waals surface area contributed by atoms with Crippen LogP contribution in [0.25, 0.3) is 0 Å². The molecule has 0 saturated carbocycles. The molecule has 0 aromatic heterocycles. The van der Waals surface area contributed by atoms with Crippen molar-refractivity contribution >= 4 is 5.97 Å². The van der Waals surface area contributed by atoms with Crippen molar-refractivity contribution in [2.75, 3.05) is 14.2 Å². The highest BCUT2D eigenvalue weighted by atomic mass is 16.5. The standard InChI is InChI=1S/C15H23NO4/c1-4-5-6-13(15(17)18)16-10-11-9-12(19-2)7-8-14(11)20-3/h7-9,13,16H,4-6,10H2,1-3H3,(H,17,18). The molecule has 0 fully saturated rings. The number of aliphatic carboxylic acids is 1. The molecule has 2 N–H and O–H groups in total. The summed E-state index contributed by atoms with van der Waals surface area (Å²) in [5, 5.41) is 12.2. The summed E-state index contributed by atoms with van der Waals surface area (Å²) in [5.41, 5.74) is 0.884. The molecule has 0 aliphatic rings. The fourth-order valence-electron chi connectivity index (χ4n) is 1.97. The molecule has 0 aliphatic carbocycles. The van der Waals surface area contributed by atoms with Crippen molar-refractivity contribution in [3.63, 3.8) is 0 Å². The zero-order valence-electron chi connectivity index (χ0n) is 12.3. The van der Waals surface area contributed by atoms with Crippen molar-refractivity contribution in [1.29, 1.82) is 0 Å². The Hall–Kier alpha value is -1.75. The number of carbonyl (C=O) groups is 1. The smallest absolute Gasteiger partial charge is 0.320 e. The predicted octanol–water partition coefficient (Wildman–Crippen LogP) is 2.44. The Kier molecular flexibility index (Phi) is 6.87. The summed E-state index contributed by atoms with van der Waals surface area (Å²) in [6.07, 6.45) is 2.49. The van der Waals surface area contributed by atoms with Crippen molar-refractivity contribution in [2.24, 2.45) is 0 Å². The SMILES string of the molecule is CCCCC(NCc1cc(OC)ccc1OC)C(=O)O. The topological polar surface area (TPSA) is 67.8 Å². The van der Waals surface area contributed by atoms with Crippen LogP contribution in [0.4, 0.5) is 0 Å². The fraction of sp³-hybridized carbons (Fsp3) is 0.533. The molecular formula is C15H23NO4. The largest absolute Gasteiger partial charge is 0.497 e. The third-order valence-electron chi connectivity index (χ3n) is 3.17. The Morgan fingerprint density at radius 3 is 2.65 bits per heavy atom. The highest BCUT2D eigenvalue weighted by molar-refractivity contribution is 5.73. The third-order valence-corrected chi connectivity index (χ3v) is 3.17. The molecule has 20 heavy (non-hydrogen) atoms. The van der Waals surface area contributed by atoms with E-state index in [9.17, 15) is 9.90 Å². The molecule has 0 radical (unpaired) electrons. The average molecular weight is 281 g/mol. The molecule has 1 unspecified atom stereocenters. The molecule has 0 amide bonds. The lowest BCUT2D eigenvalue weighted by atomic mass is 10.1. The second-order valence-corrected chi connectivity index (χ2v) is 4.59. The summed E-state index contributed by atoms with van der Waals surface area (Å²) >= 11 is 0. The molecule has 0 spiro atoms. The van der Waals surface area contributed by atoms with Gasteiger partial charge < -0.3 is 19.9 Å². The van der Waals surface area contributed by atoms with Crippen LogP contribution in [0.1, 0.15) is 31.7 Å². The van der Waals surface area contributed by atoms with Gasteiger partial charge in [0.2, 0.25) is 0 Å². The highest BCUT2D eigenvalue weighted by Gasteiger charge is 2.16. The first kappa shape index (κ1) is 16.3. The van der Waals surface area contributed by atoms with Crippen molar-refractivity contribution in [3.05, 3.63) is 23.8 Å². The molecule has 1 aromatic carbocycles. The van der Waals surface area contributed by atoms with E-state index < -0.39 is 12.0 Å². The first-order valence-electron chi connectivity index (χ1n) is 6.79. The Morgan fingerprint density at radius 1 is 1.35 bits per heavy atom. The Labute approximate surface area is 119 Å². The minimum atomic E-state index is -0.819. The van der Waals surface area contributed by atoms with Gasteiger partial charge in [0.05, 0.1) is 14.2 Å². The lowest BCUT2D eigenvalue weighted by molar-refractivity contribution is -0.139. The highest BCUT2D eigenvalue weighted by Crippen LogP contribution is 2.24. The number of hydrogen-bond acceptors (Lipinski definition) is 4. The molecule has 0 bridgehead atoms. The molecule has 5 nitrogen and oxygen atoms in total. The van der Waals surface area contributed by atoms with Crippen molar-refractivity contribution in [3.8, 4) is 11.5 Å². The number of carboxylic acid groups (broad SMARTS) is 1. The zero-order valence-corrected chi connectivity index (χ0v) is 12.3. The van der Waals surface area contributed by atoms with Crippen LogP contribution in [0.5, 0.6) is 11.5 Å². The van der Waals surface area contributed by atoms with Crippen molar-refractivity contribution in [2.45, 2.75) is 38.8 Å². The van der Waals surface area contributed by atoms with Gasteiger partial charge in [-0.2, -0.15) is 0 Å². The molecule has 1 rings (SSSR count). The van der Waals surface area contributed by atoms with Gasteiger partial charge in [-0.15, -0.1) is 0 Å². The van der Waals surface area contributed by atoms with Gasteiger partial charge in [0.1, 0.15) is 17.5 Å². The van der Waals surface area contributed by atoms with Crippen LogP contribution >= 0.6 is 0 Å². The summed E-state index contributed by atoms with van der Waals surface area (Å²) in [4.78, 5) is 11.2. The summed E-state index contributed by atoms with van der Waals surface area (Å²) in [5.74, 6) is 0.626. The summed E-state index contributed by atoms with van der Waals surface area (Å²) in [7, 11) is 3.19. The number of nitrogens with one attached hydrogen (secondary N) is 1. The number of hydrogen-bond donors (Lipinski definition) is 2. The van der Waals surface area contributed by atoms with Gasteiger partial charge in [0.15, 0.2) is 0 Å². The minimum Gasteiger partial charge on any atom is -0.497 e. The van der Waals surface area contributed by atoms with Crippen LogP contribution < -0.4 is 14.8 Å². The average Bonchev–Trinajstić information content (AvgIpc) is 2.46. The number of benzene rings is 1. The van der Waals surface area contributed by atoms with E-state index in [-0.39, 0.29) is 0 Å². The molecule has 1 aromatic rings. The summed E-state index contributed by atoms with van der Waals surface area (Å²) in [6, 6.07) is 4.95. The van der Waals surface area contributed by atoms with E-state index in [1.807, 2.05) is 25.1 Å². The van der Waals surface area contributed by atoms with Crippen LogP contribution in [0.2, 0.25) is 0 Å². The molecule has 112 valence electrons. The third kappa shape index (κ3) is 4.74. The van der Waals surface area contributed by atoms with Crippen LogP contribution in [-0.2, 0) is 11.3 Å². The Balaban J connectivity index is 2.73. The van der Waals surface area contributed by atoms with Crippen LogP contribution in [-0.4, -0.2) is 31.3 Å². The first-order valence-corrected chi connectivity index (χ1v) is 6.79. The van der Waals surface area contributed by atoms with E-state index in [1.54, 1.807) is 14.2 Å². The fourth-order valence-corrected chi connectivity index (χ4v) is 1.97. The van der Waals surface area contributed by atoms with E-state index in [0.29, 0.717) is 13.0 Å². The maximum Gasteiger partial charge on any atom is 0.320 e. The monoisotopic (exact) mass is 281 g/mol. The minimum absolute atomic E-state index is 0.432. The number of unbranched alkanes of at least 4 members (excludes halogenated alkanes) is 1. The first-order chi connectivity index (χ1) is 9.62. The van der Waals surface area contributed by atoms with Gasteiger partial charge in [-0.05, 0) is 24.6 Å². The second kappa shape index (κ2) is 8.43. The second-order valence-electron chi connectivity index (χ2n) is 4.59. The molecule has 1 atom stereocenters.